The largest absolute Gasteiger partial charge is 0.451 e. The summed E-state index contributed by atoms with van der Waals surface area (Å²) in [6.07, 6.45) is 0. The number of hydrogen-bond acceptors (Lipinski definition) is 5. The van der Waals surface area contributed by atoms with Gasteiger partial charge in [-0.05, 0) is 31.2 Å². The molecule has 0 saturated heterocycles. The summed E-state index contributed by atoms with van der Waals surface area (Å²) in [6, 6.07) is 10.5. The lowest BCUT2D eigenvalue weighted by Crippen LogP contribution is -1.99. The molecule has 0 radical (unpaired) electrons. The summed E-state index contributed by atoms with van der Waals surface area (Å²) in [4.78, 5) is 26.6. The van der Waals surface area contributed by atoms with Gasteiger partial charge in [0.1, 0.15) is 5.52 Å². The number of furan rings is 1. The van der Waals surface area contributed by atoms with E-state index in [1.165, 1.54) is 24.3 Å². The molecular formula is C15H10N2O4. The number of fused-ring (bicyclic) bond motifs is 1. The predicted molar refractivity (Wildman–Crippen MR) is 75.3 cm³/mol. The highest BCUT2D eigenvalue weighted by atomic mass is 16.6. The number of pyridine rings is 1. The van der Waals surface area contributed by atoms with Gasteiger partial charge in [-0.2, -0.15) is 0 Å². The van der Waals surface area contributed by atoms with Gasteiger partial charge in [0.2, 0.25) is 5.78 Å². The highest BCUT2D eigenvalue weighted by Crippen LogP contribution is 2.21. The molecule has 0 fully saturated rings. The van der Waals surface area contributed by atoms with Crippen LogP contribution in [0.2, 0.25) is 0 Å². The Morgan fingerprint density at radius 3 is 2.57 bits per heavy atom. The molecule has 0 aliphatic rings. The summed E-state index contributed by atoms with van der Waals surface area (Å²) >= 11 is 0. The number of rotatable bonds is 3. The first-order valence-corrected chi connectivity index (χ1v) is 6.21. The summed E-state index contributed by atoms with van der Waals surface area (Å²) in [7, 11) is 0. The van der Waals surface area contributed by atoms with Gasteiger partial charge in [-0.25, -0.2) is 4.98 Å². The smallest absolute Gasteiger partial charge is 0.269 e. The van der Waals surface area contributed by atoms with Crippen LogP contribution < -0.4 is 0 Å². The van der Waals surface area contributed by atoms with E-state index < -0.39 is 4.92 Å². The number of hydrogen-bond donors (Lipinski definition) is 0. The second-order valence-corrected chi connectivity index (χ2v) is 4.58. The molecule has 0 aliphatic carbocycles. The van der Waals surface area contributed by atoms with Crippen LogP contribution in [0.15, 0.2) is 46.9 Å². The average molecular weight is 282 g/mol. The molecule has 6 heteroatoms. The average Bonchev–Trinajstić information content (AvgIpc) is 2.89. The zero-order chi connectivity index (χ0) is 15.0. The molecule has 0 bridgehead atoms. The lowest BCUT2D eigenvalue weighted by Gasteiger charge is -1.97. The van der Waals surface area contributed by atoms with Gasteiger partial charge < -0.3 is 4.42 Å². The molecule has 1 aromatic carbocycles. The van der Waals surface area contributed by atoms with Crippen molar-refractivity contribution in [2.24, 2.45) is 0 Å². The maximum Gasteiger partial charge on any atom is 0.269 e. The minimum absolute atomic E-state index is 0.0616. The van der Waals surface area contributed by atoms with Gasteiger partial charge in [-0.15, -0.1) is 0 Å². The first-order valence-electron chi connectivity index (χ1n) is 6.21. The summed E-state index contributed by atoms with van der Waals surface area (Å²) in [6.45, 7) is 1.85. The van der Waals surface area contributed by atoms with Crippen molar-refractivity contribution >= 4 is 22.6 Å². The summed E-state index contributed by atoms with van der Waals surface area (Å²) in [5, 5.41) is 10.6. The van der Waals surface area contributed by atoms with E-state index >= 15 is 0 Å². The third kappa shape index (κ3) is 2.38. The Balaban J connectivity index is 1.97. The second-order valence-electron chi connectivity index (χ2n) is 4.58. The molecule has 6 nitrogen and oxygen atoms in total. The molecule has 0 N–H and O–H groups in total. The van der Waals surface area contributed by atoms with Crippen molar-refractivity contribution in [1.29, 1.82) is 0 Å². The van der Waals surface area contributed by atoms with Crippen molar-refractivity contribution in [2.75, 3.05) is 0 Å². The monoisotopic (exact) mass is 282 g/mol. The number of non-ortho nitro benzene ring substituents is 1. The highest BCUT2D eigenvalue weighted by molar-refractivity contribution is 6.08. The van der Waals surface area contributed by atoms with E-state index in [9.17, 15) is 14.9 Å². The quantitative estimate of drug-likeness (QED) is 0.418. The molecule has 3 aromatic rings. The van der Waals surface area contributed by atoms with Crippen LogP contribution >= 0.6 is 0 Å². The van der Waals surface area contributed by atoms with Crippen LogP contribution in [0.1, 0.15) is 21.8 Å². The van der Waals surface area contributed by atoms with E-state index in [4.69, 9.17) is 4.42 Å². The number of benzene rings is 1. The Kier molecular flexibility index (Phi) is 2.98. The topological polar surface area (TPSA) is 86.2 Å². The van der Waals surface area contributed by atoms with Crippen molar-refractivity contribution in [2.45, 2.75) is 6.92 Å². The number of carbonyl (C=O) groups is 1. The van der Waals surface area contributed by atoms with Gasteiger partial charge >= 0.3 is 0 Å². The van der Waals surface area contributed by atoms with Gasteiger partial charge in [0.15, 0.2) is 11.3 Å². The fraction of sp³-hybridized carbons (Fsp3) is 0.0667. The molecule has 0 saturated carbocycles. The van der Waals surface area contributed by atoms with Gasteiger partial charge in [0.25, 0.3) is 5.69 Å². The molecule has 0 atom stereocenters. The van der Waals surface area contributed by atoms with Crippen LogP contribution in [0.4, 0.5) is 5.69 Å². The van der Waals surface area contributed by atoms with Gasteiger partial charge in [-0.1, -0.05) is 0 Å². The van der Waals surface area contributed by atoms with E-state index in [0.29, 0.717) is 16.7 Å². The maximum absolute atomic E-state index is 12.3. The summed E-state index contributed by atoms with van der Waals surface area (Å²) in [5.41, 5.74) is 2.24. The number of carbonyl (C=O) groups excluding carboxylic acids is 1. The van der Waals surface area contributed by atoms with Gasteiger partial charge in [0.05, 0.1) is 4.92 Å². The first kappa shape index (κ1) is 13.0. The van der Waals surface area contributed by atoms with Crippen LogP contribution in [0, 0.1) is 17.0 Å². The minimum atomic E-state index is -0.512. The molecule has 0 aliphatic heterocycles. The van der Waals surface area contributed by atoms with E-state index in [1.807, 2.05) is 6.92 Å². The second kappa shape index (κ2) is 4.82. The highest BCUT2D eigenvalue weighted by Gasteiger charge is 2.16. The maximum atomic E-state index is 12.3. The Bertz CT molecular complexity index is 850. The normalized spacial score (nSPS) is 10.7. The Morgan fingerprint density at radius 2 is 1.90 bits per heavy atom. The van der Waals surface area contributed by atoms with Gasteiger partial charge in [-0.3, -0.25) is 14.9 Å². The summed E-state index contributed by atoms with van der Waals surface area (Å²) < 4.78 is 5.47. The Hall–Kier alpha value is -3.02. The van der Waals surface area contributed by atoms with Crippen LogP contribution in [0.25, 0.3) is 11.1 Å². The first-order chi connectivity index (χ1) is 10.0. The summed E-state index contributed by atoms with van der Waals surface area (Å²) in [5.74, 6) is -0.169. The number of nitro groups is 1. The van der Waals surface area contributed by atoms with Crippen molar-refractivity contribution in [3.8, 4) is 0 Å². The third-order valence-electron chi connectivity index (χ3n) is 3.08. The molecule has 2 aromatic heterocycles. The number of ketones is 1. The third-order valence-corrected chi connectivity index (χ3v) is 3.08. The molecule has 0 amide bonds. The molecule has 104 valence electrons. The van der Waals surface area contributed by atoms with Crippen LogP contribution in [0.3, 0.4) is 0 Å². The minimum Gasteiger partial charge on any atom is -0.451 e. The van der Waals surface area contributed by atoms with E-state index in [1.54, 1.807) is 18.2 Å². The predicted octanol–water partition coefficient (Wildman–Crippen LogP) is 3.28. The van der Waals surface area contributed by atoms with Crippen LogP contribution in [-0.2, 0) is 0 Å². The molecule has 2 heterocycles. The van der Waals surface area contributed by atoms with Gasteiger partial charge in [0, 0.05) is 29.5 Å². The van der Waals surface area contributed by atoms with E-state index in [0.717, 1.165) is 5.69 Å². The molecule has 21 heavy (non-hydrogen) atoms. The van der Waals surface area contributed by atoms with Crippen molar-refractivity contribution < 1.29 is 14.1 Å². The number of nitrogens with zero attached hydrogens (tertiary/aromatic N) is 2. The standard InChI is InChI=1S/C15H10N2O4/c1-9-2-7-13-12(16-9)8-14(21-13)15(18)10-3-5-11(6-4-10)17(19)20/h2-8H,1H3. The zero-order valence-corrected chi connectivity index (χ0v) is 11.1. The lowest BCUT2D eigenvalue weighted by atomic mass is 10.1. The van der Waals surface area contributed by atoms with Crippen LogP contribution in [-0.4, -0.2) is 15.7 Å². The van der Waals surface area contributed by atoms with Crippen molar-refractivity contribution in [1.82, 2.24) is 4.98 Å². The van der Waals surface area contributed by atoms with E-state index in [2.05, 4.69) is 4.98 Å². The number of aryl methyl sites for hydroxylation is 1. The van der Waals surface area contributed by atoms with Crippen molar-refractivity contribution in [3.05, 3.63) is 69.6 Å². The Labute approximate surface area is 119 Å². The number of aromatic nitrogens is 1. The SMILES string of the molecule is Cc1ccc2oc(C(=O)c3ccc([N+](=O)[O-])cc3)cc2n1. The molecule has 0 unspecified atom stereocenters. The fourth-order valence-electron chi connectivity index (χ4n) is 2.01. The van der Waals surface area contributed by atoms with Crippen molar-refractivity contribution in [3.63, 3.8) is 0 Å². The lowest BCUT2D eigenvalue weighted by molar-refractivity contribution is -0.384. The molecular weight excluding hydrogens is 272 g/mol. The molecule has 3 rings (SSSR count). The van der Waals surface area contributed by atoms with Crippen LogP contribution in [0.5, 0.6) is 0 Å². The number of nitro benzene ring substituents is 1. The van der Waals surface area contributed by atoms with E-state index in [-0.39, 0.29) is 17.2 Å². The fourth-order valence-corrected chi connectivity index (χ4v) is 2.01. The zero-order valence-electron chi connectivity index (χ0n) is 11.1. The Morgan fingerprint density at radius 1 is 1.19 bits per heavy atom. The molecule has 0 spiro atoms.